The van der Waals surface area contributed by atoms with Gasteiger partial charge in [0.15, 0.2) is 0 Å². The molecule has 31 heavy (non-hydrogen) atoms. The Labute approximate surface area is 189 Å². The molecule has 4 nitrogen and oxygen atoms in total. The van der Waals surface area contributed by atoms with E-state index in [0.717, 1.165) is 37.7 Å². The average molecular weight is 430 g/mol. The zero-order valence-electron chi connectivity index (χ0n) is 19.6. The van der Waals surface area contributed by atoms with Gasteiger partial charge >= 0.3 is 6.09 Å². The van der Waals surface area contributed by atoms with Gasteiger partial charge in [-0.05, 0) is 44.1 Å². The molecule has 0 radical (unpaired) electrons. The first kappa shape index (κ1) is 24.1. The molecule has 2 atom stereocenters. The van der Waals surface area contributed by atoms with Crippen LogP contribution in [-0.2, 0) is 11.3 Å². The third-order valence-electron chi connectivity index (χ3n) is 7.25. The van der Waals surface area contributed by atoms with E-state index in [1.54, 1.807) is 0 Å². The number of carbonyl (C=O) groups excluding carboxylic acids is 1. The average Bonchev–Trinajstić information content (AvgIpc) is 2.76. The van der Waals surface area contributed by atoms with Crippen LogP contribution in [-0.4, -0.2) is 33.8 Å². The fourth-order valence-electron chi connectivity index (χ4n) is 5.59. The molecular formula is C27H43NO3. The molecule has 1 N–H and O–H groups in total. The number of nitrogens with zero attached hydrogens (tertiary/aromatic N) is 1. The number of hydrogen-bond acceptors (Lipinski definition) is 3. The lowest BCUT2D eigenvalue weighted by molar-refractivity contribution is -0.0899. The van der Waals surface area contributed by atoms with Gasteiger partial charge in [0.25, 0.3) is 0 Å². The van der Waals surface area contributed by atoms with Crippen molar-refractivity contribution >= 4 is 6.09 Å². The number of rotatable bonds is 12. The first-order valence-corrected chi connectivity index (χ1v) is 12.8. The Balaban J connectivity index is 1.40. The summed E-state index contributed by atoms with van der Waals surface area (Å²) < 4.78 is 5.64. The van der Waals surface area contributed by atoms with Crippen molar-refractivity contribution < 1.29 is 14.6 Å². The molecule has 1 amide bonds. The number of aliphatic hydroxyl groups is 1. The van der Waals surface area contributed by atoms with Gasteiger partial charge in [-0.2, -0.15) is 0 Å². The Hall–Kier alpha value is -1.55. The lowest BCUT2D eigenvalue weighted by Crippen LogP contribution is -2.59. The normalized spacial score (nSPS) is 25.4. The maximum atomic E-state index is 12.8. The topological polar surface area (TPSA) is 49.8 Å². The highest BCUT2D eigenvalue weighted by atomic mass is 16.6. The molecule has 0 aromatic heterocycles. The molecule has 1 aromatic rings. The smallest absolute Gasteiger partial charge is 0.410 e. The molecule has 3 rings (SSSR count). The van der Waals surface area contributed by atoms with Gasteiger partial charge in [0.05, 0.1) is 5.60 Å². The third-order valence-corrected chi connectivity index (χ3v) is 7.25. The van der Waals surface area contributed by atoms with E-state index in [1.165, 1.54) is 51.4 Å². The second-order valence-electron chi connectivity index (χ2n) is 9.90. The largest absolute Gasteiger partial charge is 0.445 e. The molecule has 0 saturated carbocycles. The number of amides is 1. The van der Waals surface area contributed by atoms with E-state index in [-0.39, 0.29) is 18.2 Å². The number of benzene rings is 1. The first-order valence-electron chi connectivity index (χ1n) is 12.8. The molecule has 4 heteroatoms. The van der Waals surface area contributed by atoms with E-state index in [2.05, 4.69) is 6.92 Å². The SMILES string of the molecule is CCCCCCCCCCCC1(O)CC2CCCC(C1)N2C(=O)OCc1ccccc1. The lowest BCUT2D eigenvalue weighted by Gasteiger charge is -2.51. The van der Waals surface area contributed by atoms with E-state index in [0.29, 0.717) is 19.4 Å². The van der Waals surface area contributed by atoms with Gasteiger partial charge < -0.3 is 14.7 Å². The fraction of sp³-hybridized carbons (Fsp3) is 0.741. The van der Waals surface area contributed by atoms with Crippen molar-refractivity contribution in [3.63, 3.8) is 0 Å². The van der Waals surface area contributed by atoms with Crippen LogP contribution in [0.1, 0.15) is 109 Å². The van der Waals surface area contributed by atoms with E-state index >= 15 is 0 Å². The molecule has 0 spiro atoms. The molecule has 1 aromatic carbocycles. The van der Waals surface area contributed by atoms with Crippen molar-refractivity contribution in [1.29, 1.82) is 0 Å². The maximum Gasteiger partial charge on any atom is 0.410 e. The monoisotopic (exact) mass is 429 g/mol. The van der Waals surface area contributed by atoms with Crippen molar-refractivity contribution in [1.82, 2.24) is 4.90 Å². The van der Waals surface area contributed by atoms with Crippen LogP contribution in [0.15, 0.2) is 30.3 Å². The first-order chi connectivity index (χ1) is 15.1. The van der Waals surface area contributed by atoms with Crippen LogP contribution in [0, 0.1) is 0 Å². The third kappa shape index (κ3) is 7.52. The fourth-order valence-corrected chi connectivity index (χ4v) is 5.59. The van der Waals surface area contributed by atoms with Crippen LogP contribution in [0.4, 0.5) is 4.79 Å². The molecule has 2 heterocycles. The van der Waals surface area contributed by atoms with Gasteiger partial charge in [0.1, 0.15) is 6.61 Å². The zero-order chi connectivity index (χ0) is 21.9. The van der Waals surface area contributed by atoms with Crippen LogP contribution < -0.4 is 0 Å². The van der Waals surface area contributed by atoms with E-state index in [9.17, 15) is 9.90 Å². The highest BCUT2D eigenvalue weighted by Crippen LogP contribution is 2.41. The highest BCUT2D eigenvalue weighted by molar-refractivity contribution is 5.69. The van der Waals surface area contributed by atoms with Crippen LogP contribution in [0.3, 0.4) is 0 Å². The molecule has 2 saturated heterocycles. The summed E-state index contributed by atoms with van der Waals surface area (Å²) in [5, 5.41) is 11.3. The van der Waals surface area contributed by atoms with Crippen molar-refractivity contribution in [3.05, 3.63) is 35.9 Å². The van der Waals surface area contributed by atoms with Crippen LogP contribution in [0.2, 0.25) is 0 Å². The molecule has 2 aliphatic heterocycles. The van der Waals surface area contributed by atoms with Crippen molar-refractivity contribution in [3.8, 4) is 0 Å². The second kappa shape index (κ2) is 12.5. The highest BCUT2D eigenvalue weighted by Gasteiger charge is 2.47. The molecule has 174 valence electrons. The van der Waals surface area contributed by atoms with Crippen molar-refractivity contribution in [2.24, 2.45) is 0 Å². The summed E-state index contributed by atoms with van der Waals surface area (Å²) >= 11 is 0. The number of ether oxygens (including phenoxy) is 1. The summed E-state index contributed by atoms with van der Waals surface area (Å²) in [7, 11) is 0. The van der Waals surface area contributed by atoms with Gasteiger partial charge in [-0.3, -0.25) is 0 Å². The Morgan fingerprint density at radius 3 is 2.16 bits per heavy atom. The Morgan fingerprint density at radius 2 is 1.55 bits per heavy atom. The molecular weight excluding hydrogens is 386 g/mol. The van der Waals surface area contributed by atoms with E-state index < -0.39 is 5.60 Å². The van der Waals surface area contributed by atoms with Crippen molar-refractivity contribution in [2.45, 2.75) is 128 Å². The van der Waals surface area contributed by atoms with Gasteiger partial charge in [0.2, 0.25) is 0 Å². The van der Waals surface area contributed by atoms with E-state index in [4.69, 9.17) is 4.74 Å². The van der Waals surface area contributed by atoms with Crippen LogP contribution in [0.5, 0.6) is 0 Å². The summed E-state index contributed by atoms with van der Waals surface area (Å²) in [6, 6.07) is 10.1. The summed E-state index contributed by atoms with van der Waals surface area (Å²) in [6.45, 7) is 2.58. The Kier molecular flexibility index (Phi) is 9.70. The summed E-state index contributed by atoms with van der Waals surface area (Å²) in [5.41, 5.74) is 0.410. The van der Waals surface area contributed by atoms with Gasteiger partial charge in [-0.25, -0.2) is 4.79 Å². The number of carbonyl (C=O) groups is 1. The second-order valence-corrected chi connectivity index (χ2v) is 9.90. The number of piperidine rings is 2. The summed E-state index contributed by atoms with van der Waals surface area (Å²) in [6.07, 6.45) is 16.9. The molecule has 2 fully saturated rings. The van der Waals surface area contributed by atoms with Crippen molar-refractivity contribution in [2.75, 3.05) is 0 Å². The Bertz CT molecular complexity index is 633. The predicted octanol–water partition coefficient (Wildman–Crippen LogP) is 6.99. The minimum atomic E-state index is -0.604. The molecule has 2 unspecified atom stereocenters. The predicted molar refractivity (Wildman–Crippen MR) is 126 cm³/mol. The number of unbranched alkanes of at least 4 members (excludes halogenated alkanes) is 8. The minimum absolute atomic E-state index is 0.124. The number of fused-ring (bicyclic) bond motifs is 2. The molecule has 0 aliphatic carbocycles. The lowest BCUT2D eigenvalue weighted by atomic mass is 9.73. The van der Waals surface area contributed by atoms with Crippen LogP contribution >= 0.6 is 0 Å². The number of hydrogen-bond donors (Lipinski definition) is 1. The molecule has 2 bridgehead atoms. The van der Waals surface area contributed by atoms with Crippen LogP contribution in [0.25, 0.3) is 0 Å². The quantitative estimate of drug-likeness (QED) is 0.364. The van der Waals surface area contributed by atoms with E-state index in [1.807, 2.05) is 35.2 Å². The standard InChI is InChI=1S/C27H43NO3/c1-2-3-4-5-6-7-8-9-13-19-27(30)20-24-17-14-18-25(21-27)28(24)26(29)31-22-23-15-11-10-12-16-23/h10-12,15-16,24-25,30H,2-9,13-14,17-22H2,1H3. The molecule has 2 aliphatic rings. The zero-order valence-corrected chi connectivity index (χ0v) is 19.6. The minimum Gasteiger partial charge on any atom is -0.445 e. The van der Waals surface area contributed by atoms with Gasteiger partial charge in [-0.1, -0.05) is 95.0 Å². The summed E-state index contributed by atoms with van der Waals surface area (Å²) in [4.78, 5) is 14.8. The summed E-state index contributed by atoms with van der Waals surface area (Å²) in [5.74, 6) is 0. The Morgan fingerprint density at radius 1 is 0.968 bits per heavy atom. The van der Waals surface area contributed by atoms with Gasteiger partial charge in [-0.15, -0.1) is 0 Å². The van der Waals surface area contributed by atoms with Gasteiger partial charge in [0, 0.05) is 12.1 Å². The maximum absolute atomic E-state index is 12.8.